The van der Waals surface area contributed by atoms with Crippen molar-refractivity contribution in [3.05, 3.63) is 81.7 Å². The molecule has 5 atom stereocenters. The summed E-state index contributed by atoms with van der Waals surface area (Å²) in [5.41, 5.74) is -2.78. The number of sulfonamides is 2. The van der Waals surface area contributed by atoms with Crippen LogP contribution in [0.25, 0.3) is 0 Å². The fourth-order valence-electron chi connectivity index (χ4n) is 8.03. The van der Waals surface area contributed by atoms with E-state index < -0.39 is 125 Å². The maximum Gasteiger partial charge on any atom is 0.410 e. The third kappa shape index (κ3) is 9.78. The van der Waals surface area contributed by atoms with E-state index in [0.29, 0.717) is 24.0 Å². The number of halogens is 1. The maximum atomic E-state index is 14.9. The number of nitrogens with zero attached hydrogens (tertiary/aromatic N) is 4. The molecule has 63 heavy (non-hydrogen) atoms. The molecule has 2 aromatic rings. The van der Waals surface area contributed by atoms with Gasteiger partial charge in [-0.2, -0.15) is 4.31 Å². The van der Waals surface area contributed by atoms with Gasteiger partial charge >= 0.3 is 12.2 Å². The van der Waals surface area contributed by atoms with E-state index in [0.717, 1.165) is 21.3 Å². The number of rotatable bonds is 8. The second-order valence-electron chi connectivity index (χ2n) is 17.3. The average molecular weight is 918 g/mol. The maximum absolute atomic E-state index is 14.9. The Balaban J connectivity index is 1.25. The Morgan fingerprint density at radius 3 is 2.43 bits per heavy atom. The number of para-hydroxylation sites is 1. The first kappa shape index (κ1) is 45.3. The van der Waals surface area contributed by atoms with Gasteiger partial charge in [0.05, 0.1) is 23.3 Å². The second kappa shape index (κ2) is 17.1. The number of ether oxygens (including phenoxy) is 2. The highest BCUT2D eigenvalue weighted by atomic mass is 32.2. The van der Waals surface area contributed by atoms with Crippen LogP contribution in [0.1, 0.15) is 70.4 Å². The van der Waals surface area contributed by atoms with E-state index in [1.54, 1.807) is 39.0 Å². The lowest BCUT2D eigenvalue weighted by Crippen LogP contribution is -2.60. The molecule has 3 fully saturated rings. The smallest absolute Gasteiger partial charge is 0.410 e. The van der Waals surface area contributed by atoms with E-state index in [-0.39, 0.29) is 45.3 Å². The van der Waals surface area contributed by atoms with Gasteiger partial charge < -0.3 is 25.0 Å². The molecule has 5 amide bonds. The van der Waals surface area contributed by atoms with Gasteiger partial charge in [0, 0.05) is 43.6 Å². The molecule has 7 rings (SSSR count). The second-order valence-corrected chi connectivity index (χ2v) is 21.2. The van der Waals surface area contributed by atoms with Crippen LogP contribution in [-0.4, -0.2) is 120 Å². The van der Waals surface area contributed by atoms with Crippen LogP contribution in [-0.2, 0) is 57.0 Å². The third-order valence-corrected chi connectivity index (χ3v) is 15.2. The van der Waals surface area contributed by atoms with Gasteiger partial charge in [-0.1, -0.05) is 36.4 Å². The number of carbonyl (C=O) groups excluding carboxylic acids is 5. The van der Waals surface area contributed by atoms with Gasteiger partial charge in [-0.25, -0.2) is 30.8 Å². The van der Waals surface area contributed by atoms with Crippen LogP contribution < -0.4 is 15.4 Å². The summed E-state index contributed by atoms with van der Waals surface area (Å²) < 4.78 is 83.3. The summed E-state index contributed by atoms with van der Waals surface area (Å²) >= 11 is 0. The van der Waals surface area contributed by atoms with E-state index >= 15 is 0 Å². The number of hydrogen-bond donors (Lipinski definition) is 3. The fourth-order valence-corrected chi connectivity index (χ4v) is 11.0. The Morgan fingerprint density at radius 1 is 1.02 bits per heavy atom. The van der Waals surface area contributed by atoms with Crippen molar-refractivity contribution < 1.29 is 59.6 Å². The largest absolute Gasteiger partial charge is 0.444 e. The number of amides is 5. The molecule has 20 nitrogen and oxygen atoms in total. The summed E-state index contributed by atoms with van der Waals surface area (Å²) in [6.45, 7) is 2.89. The van der Waals surface area contributed by atoms with Crippen molar-refractivity contribution in [2.75, 3.05) is 19.6 Å². The van der Waals surface area contributed by atoms with E-state index in [1.165, 1.54) is 29.2 Å². The molecule has 340 valence electrons. The van der Waals surface area contributed by atoms with E-state index in [9.17, 15) is 55.3 Å². The quantitative estimate of drug-likeness (QED) is 0.196. The highest BCUT2D eigenvalue weighted by molar-refractivity contribution is 7.91. The summed E-state index contributed by atoms with van der Waals surface area (Å²) in [6, 6.07) is 5.65. The molecule has 0 radical (unpaired) electrons. The number of carbonyl (C=O) groups is 5. The first-order valence-corrected chi connectivity index (χ1v) is 23.4. The number of alkyl carbamates (subject to hydrolysis) is 1. The molecule has 0 aromatic heterocycles. The first-order valence-electron chi connectivity index (χ1n) is 20.4. The fraction of sp³-hybridized carbons (Fsp3) is 0.525. The van der Waals surface area contributed by atoms with Crippen LogP contribution in [0.5, 0.6) is 0 Å². The standard InChI is InChI=1S/C40H48FN7O13S2/c1-39(2,3)61-37(52)42-30-23-46(63(58,59)33-14-7-6-13-31(33)48(54)55)17-8-4-5-11-25-19-40(25,36(51)44-62(56,57)27-15-16-27)43-34(49)32-18-26(21-47(32)35(30)50)60-38(53)45-20-24-10-9-12-29(41)28(24)22-45/h5-7,9-14,25-27,30,32H,4,8,15-23H2,1-3H3,(H,42,52)(H,43,49)(H,44,51)/b11-5-/t25-,26-,30+,32?,40-/m1/s1. The van der Waals surface area contributed by atoms with Crippen molar-refractivity contribution >= 4 is 55.6 Å². The SMILES string of the molecule is CC(C)(C)OC(=O)N[C@H]1CN(S(=O)(=O)c2ccccc2[N+](=O)[O-])CCC/C=C\[C@@H]2C[C@@]2(C(=O)NS(=O)(=O)C2CC2)NC(=O)C2C[C@@H](OC(=O)N3Cc4cccc(F)c4C3)CN2C1=O. The molecule has 3 heterocycles. The molecule has 3 aliphatic heterocycles. The number of nitro groups is 1. The molecule has 2 saturated carbocycles. The number of fused-ring (bicyclic) bond motifs is 3. The third-order valence-electron chi connectivity index (χ3n) is 11.5. The molecule has 0 bridgehead atoms. The van der Waals surface area contributed by atoms with Gasteiger partial charge in [-0.3, -0.25) is 34.1 Å². The number of allylic oxidation sites excluding steroid dienone is 1. The molecule has 3 N–H and O–H groups in total. The van der Waals surface area contributed by atoms with Crippen LogP contribution in [0.2, 0.25) is 0 Å². The lowest BCUT2D eigenvalue weighted by molar-refractivity contribution is -0.387. The normalized spacial score (nSPS) is 26.2. The van der Waals surface area contributed by atoms with Gasteiger partial charge in [0.15, 0.2) is 4.90 Å². The Labute approximate surface area is 362 Å². The van der Waals surface area contributed by atoms with Crippen molar-refractivity contribution in [1.82, 2.24) is 29.5 Å². The van der Waals surface area contributed by atoms with Crippen LogP contribution in [0.15, 0.2) is 59.5 Å². The van der Waals surface area contributed by atoms with Gasteiger partial charge in [-0.05, 0) is 70.6 Å². The zero-order valence-electron chi connectivity index (χ0n) is 34.7. The van der Waals surface area contributed by atoms with Gasteiger partial charge in [0.1, 0.15) is 35.1 Å². The first-order chi connectivity index (χ1) is 29.6. The minimum atomic E-state index is -4.80. The Kier molecular flexibility index (Phi) is 12.3. The lowest BCUT2D eigenvalue weighted by Gasteiger charge is -2.32. The van der Waals surface area contributed by atoms with Crippen molar-refractivity contribution in [3.8, 4) is 0 Å². The van der Waals surface area contributed by atoms with Crippen LogP contribution in [0.4, 0.5) is 19.7 Å². The number of hydrogen-bond acceptors (Lipinski definition) is 13. The number of nitrogens with one attached hydrogen (secondary N) is 3. The number of nitro benzene ring substituents is 1. The topological polar surface area (TPSA) is 261 Å². The van der Waals surface area contributed by atoms with Crippen molar-refractivity contribution in [2.24, 2.45) is 5.92 Å². The van der Waals surface area contributed by atoms with Crippen LogP contribution in [0.3, 0.4) is 0 Å². The Bertz CT molecular complexity index is 2480. The molecular formula is C40H48FN7O13S2. The predicted molar refractivity (Wildman–Crippen MR) is 218 cm³/mol. The van der Waals surface area contributed by atoms with Crippen molar-refractivity contribution in [1.29, 1.82) is 0 Å². The number of benzene rings is 2. The summed E-state index contributed by atoms with van der Waals surface area (Å²) in [5.74, 6) is -4.23. The zero-order valence-corrected chi connectivity index (χ0v) is 36.3. The summed E-state index contributed by atoms with van der Waals surface area (Å²) in [7, 11) is -8.88. The van der Waals surface area contributed by atoms with Crippen molar-refractivity contribution in [3.63, 3.8) is 0 Å². The van der Waals surface area contributed by atoms with Gasteiger partial charge in [-0.15, -0.1) is 0 Å². The van der Waals surface area contributed by atoms with Crippen molar-refractivity contribution in [2.45, 2.75) is 112 Å². The molecule has 1 saturated heterocycles. The molecule has 2 aromatic carbocycles. The highest BCUT2D eigenvalue weighted by Crippen LogP contribution is 2.46. The summed E-state index contributed by atoms with van der Waals surface area (Å²) in [6.07, 6.45) is 0.487. The molecule has 5 aliphatic rings. The average Bonchev–Trinajstić information content (AvgIpc) is 4.09. The highest BCUT2D eigenvalue weighted by Gasteiger charge is 2.62. The lowest BCUT2D eigenvalue weighted by atomic mass is 10.1. The monoisotopic (exact) mass is 917 g/mol. The van der Waals surface area contributed by atoms with Gasteiger partial charge in [0.25, 0.3) is 11.6 Å². The molecule has 1 unspecified atom stereocenters. The molecule has 23 heteroatoms. The minimum Gasteiger partial charge on any atom is -0.444 e. The summed E-state index contributed by atoms with van der Waals surface area (Å²) in [4.78, 5) is 82.9. The predicted octanol–water partition coefficient (Wildman–Crippen LogP) is 2.57. The molecule has 2 aliphatic carbocycles. The van der Waals surface area contributed by atoms with Crippen LogP contribution >= 0.6 is 0 Å². The van der Waals surface area contributed by atoms with Gasteiger partial charge in [0.2, 0.25) is 31.9 Å². The van der Waals surface area contributed by atoms with E-state index in [2.05, 4.69) is 15.4 Å². The Morgan fingerprint density at radius 2 is 1.75 bits per heavy atom. The molecular weight excluding hydrogens is 870 g/mol. The molecule has 0 spiro atoms. The Hall–Kier alpha value is -5.68. The minimum absolute atomic E-state index is 0.00722. The van der Waals surface area contributed by atoms with E-state index in [4.69, 9.17) is 9.47 Å². The summed E-state index contributed by atoms with van der Waals surface area (Å²) in [5, 5.41) is 16.3. The zero-order chi connectivity index (χ0) is 45.6. The van der Waals surface area contributed by atoms with E-state index in [1.807, 2.05) is 0 Å². The van der Waals surface area contributed by atoms with Crippen LogP contribution in [0, 0.1) is 21.8 Å².